The number of likely N-dealkylation sites (N-methyl/N-ethyl adjacent to an activating group) is 1. The van der Waals surface area contributed by atoms with Gasteiger partial charge in [-0.05, 0) is 30.7 Å². The molecule has 0 saturated heterocycles. The van der Waals surface area contributed by atoms with Crippen molar-refractivity contribution in [3.63, 3.8) is 0 Å². The van der Waals surface area contributed by atoms with Gasteiger partial charge in [0.05, 0.1) is 10.7 Å². The lowest BCUT2D eigenvalue weighted by molar-refractivity contribution is -0.125. The second-order valence-corrected chi connectivity index (χ2v) is 5.24. The van der Waals surface area contributed by atoms with Gasteiger partial charge in [-0.2, -0.15) is 0 Å². The summed E-state index contributed by atoms with van der Waals surface area (Å²) in [5, 5.41) is 2.93. The molecule has 0 radical (unpaired) electrons. The van der Waals surface area contributed by atoms with Gasteiger partial charge in [0, 0.05) is 37.4 Å². The van der Waals surface area contributed by atoms with Crippen molar-refractivity contribution in [2.24, 2.45) is 0 Å². The summed E-state index contributed by atoms with van der Waals surface area (Å²) >= 11 is 1.57. The van der Waals surface area contributed by atoms with Gasteiger partial charge >= 0.3 is 0 Å². The lowest BCUT2D eigenvalue weighted by Gasteiger charge is -2.14. The Kier molecular flexibility index (Phi) is 4.41. The summed E-state index contributed by atoms with van der Waals surface area (Å²) in [6, 6.07) is 3.80. The number of nitrogens with zero attached hydrogens (tertiary/aromatic N) is 3. The molecular weight excluding hydrogens is 258 g/mol. The van der Waals surface area contributed by atoms with Gasteiger partial charge in [0.15, 0.2) is 0 Å². The quantitative estimate of drug-likeness (QED) is 0.804. The van der Waals surface area contributed by atoms with E-state index in [0.717, 1.165) is 16.3 Å². The fourth-order valence-corrected chi connectivity index (χ4v) is 2.16. The van der Waals surface area contributed by atoms with Gasteiger partial charge in [0.1, 0.15) is 0 Å². The van der Waals surface area contributed by atoms with Gasteiger partial charge in [0.25, 0.3) is 0 Å². The Bertz CT molecular complexity index is 577. The highest BCUT2D eigenvalue weighted by molar-refractivity contribution is 7.09. The molecule has 0 atom stereocenters. The molecule has 0 aromatic carbocycles. The number of carbonyl (C=O) groups excluding carboxylic acids is 1. The largest absolute Gasteiger partial charge is 0.338 e. The molecule has 0 fully saturated rings. The molecule has 0 saturated carbocycles. The van der Waals surface area contributed by atoms with E-state index in [1.165, 1.54) is 0 Å². The van der Waals surface area contributed by atoms with Gasteiger partial charge in [0.2, 0.25) is 5.91 Å². The first-order chi connectivity index (χ1) is 9.15. The van der Waals surface area contributed by atoms with E-state index in [-0.39, 0.29) is 5.91 Å². The molecule has 0 N–H and O–H groups in total. The van der Waals surface area contributed by atoms with Crippen LogP contribution in [-0.2, 0) is 11.3 Å². The van der Waals surface area contributed by atoms with Crippen LogP contribution in [0.1, 0.15) is 16.3 Å². The zero-order valence-electron chi connectivity index (χ0n) is 10.9. The molecule has 2 heterocycles. The zero-order chi connectivity index (χ0) is 13.7. The molecule has 5 heteroatoms. The van der Waals surface area contributed by atoms with E-state index in [9.17, 15) is 4.79 Å². The highest BCUT2D eigenvalue weighted by Crippen LogP contribution is 2.09. The molecule has 98 valence electrons. The van der Waals surface area contributed by atoms with Crippen molar-refractivity contribution in [3.05, 3.63) is 52.2 Å². The number of thiazole rings is 1. The Balaban J connectivity index is 1.94. The summed E-state index contributed by atoms with van der Waals surface area (Å²) in [6.45, 7) is 2.52. The number of carbonyl (C=O) groups is 1. The minimum atomic E-state index is -0.0394. The summed E-state index contributed by atoms with van der Waals surface area (Å²) in [4.78, 5) is 21.8. The van der Waals surface area contributed by atoms with Gasteiger partial charge < -0.3 is 4.90 Å². The van der Waals surface area contributed by atoms with E-state index in [1.807, 2.05) is 24.4 Å². The fourth-order valence-electron chi connectivity index (χ4n) is 1.58. The van der Waals surface area contributed by atoms with E-state index in [1.54, 1.807) is 47.8 Å². The van der Waals surface area contributed by atoms with E-state index in [4.69, 9.17) is 0 Å². The summed E-state index contributed by atoms with van der Waals surface area (Å²) in [5.41, 5.74) is 1.89. The number of amides is 1. The van der Waals surface area contributed by atoms with Crippen LogP contribution < -0.4 is 0 Å². The number of rotatable bonds is 4. The molecule has 2 aromatic rings. The van der Waals surface area contributed by atoms with Gasteiger partial charge in [-0.1, -0.05) is 0 Å². The van der Waals surface area contributed by atoms with Crippen LogP contribution in [-0.4, -0.2) is 27.8 Å². The highest BCUT2D eigenvalue weighted by Gasteiger charge is 2.05. The summed E-state index contributed by atoms with van der Waals surface area (Å²) in [5.74, 6) is -0.0394. The van der Waals surface area contributed by atoms with Crippen molar-refractivity contribution < 1.29 is 4.79 Å². The molecular formula is C14H15N3OS. The maximum Gasteiger partial charge on any atom is 0.246 e. The predicted octanol–water partition coefficient (Wildman–Crippen LogP) is 2.52. The molecule has 1 amide bonds. The van der Waals surface area contributed by atoms with Gasteiger partial charge in [-0.25, -0.2) is 4.98 Å². The monoisotopic (exact) mass is 273 g/mol. The highest BCUT2D eigenvalue weighted by atomic mass is 32.1. The van der Waals surface area contributed by atoms with Crippen LogP contribution in [0.15, 0.2) is 36.0 Å². The number of aromatic nitrogens is 2. The first kappa shape index (κ1) is 13.4. The first-order valence-electron chi connectivity index (χ1n) is 5.89. The molecule has 0 aliphatic carbocycles. The average molecular weight is 273 g/mol. The van der Waals surface area contributed by atoms with Crippen LogP contribution in [0.5, 0.6) is 0 Å². The fraction of sp³-hybridized carbons (Fsp3) is 0.214. The molecule has 0 unspecified atom stereocenters. The minimum Gasteiger partial charge on any atom is -0.338 e. The van der Waals surface area contributed by atoms with Crippen molar-refractivity contribution >= 4 is 23.3 Å². The van der Waals surface area contributed by atoms with Crippen LogP contribution >= 0.6 is 11.3 Å². The van der Waals surface area contributed by atoms with Crippen LogP contribution in [0.25, 0.3) is 6.08 Å². The third-order valence-corrected chi connectivity index (χ3v) is 3.37. The lowest BCUT2D eigenvalue weighted by atomic mass is 10.2. The molecule has 0 aliphatic rings. The molecule has 2 aromatic heterocycles. The van der Waals surface area contributed by atoms with Crippen molar-refractivity contribution in [2.75, 3.05) is 7.05 Å². The maximum atomic E-state index is 11.9. The maximum absolute atomic E-state index is 11.9. The smallest absolute Gasteiger partial charge is 0.246 e. The minimum absolute atomic E-state index is 0.0394. The zero-order valence-corrected chi connectivity index (χ0v) is 11.7. The summed E-state index contributed by atoms with van der Waals surface area (Å²) in [6.07, 6.45) is 6.74. The second-order valence-electron chi connectivity index (χ2n) is 4.17. The molecule has 0 aliphatic heterocycles. The molecule has 0 spiro atoms. The predicted molar refractivity (Wildman–Crippen MR) is 76.6 cm³/mol. The number of aryl methyl sites for hydroxylation is 1. The molecule has 0 bridgehead atoms. The van der Waals surface area contributed by atoms with Crippen LogP contribution in [0.3, 0.4) is 0 Å². The standard InChI is InChI=1S/C14H15N3OS/c1-11-16-13(10-19-11)3-4-14(18)17(2)9-12-5-7-15-8-6-12/h3-8,10H,9H2,1-2H3/b4-3-. The Morgan fingerprint density at radius 2 is 2.16 bits per heavy atom. The topological polar surface area (TPSA) is 46.1 Å². The Morgan fingerprint density at radius 3 is 2.79 bits per heavy atom. The average Bonchev–Trinajstić information content (AvgIpc) is 2.83. The first-order valence-corrected chi connectivity index (χ1v) is 6.77. The summed E-state index contributed by atoms with van der Waals surface area (Å²) < 4.78 is 0. The third-order valence-electron chi connectivity index (χ3n) is 2.58. The Labute approximate surface area is 116 Å². The van der Waals surface area contributed by atoms with Crippen LogP contribution in [0.2, 0.25) is 0 Å². The molecule has 4 nitrogen and oxygen atoms in total. The van der Waals surface area contributed by atoms with Gasteiger partial charge in [-0.15, -0.1) is 11.3 Å². The van der Waals surface area contributed by atoms with Crippen molar-refractivity contribution in [1.82, 2.24) is 14.9 Å². The summed E-state index contributed by atoms with van der Waals surface area (Å²) in [7, 11) is 1.78. The number of pyridine rings is 1. The molecule has 2 rings (SSSR count). The Hall–Kier alpha value is -2.01. The normalized spacial score (nSPS) is 10.8. The van der Waals surface area contributed by atoms with E-state index >= 15 is 0 Å². The van der Waals surface area contributed by atoms with Crippen molar-refractivity contribution in [2.45, 2.75) is 13.5 Å². The van der Waals surface area contributed by atoms with Gasteiger partial charge in [-0.3, -0.25) is 9.78 Å². The lowest BCUT2D eigenvalue weighted by Crippen LogP contribution is -2.24. The third kappa shape index (κ3) is 3.99. The second kappa shape index (κ2) is 6.24. The molecule has 19 heavy (non-hydrogen) atoms. The Morgan fingerprint density at radius 1 is 1.42 bits per heavy atom. The van der Waals surface area contributed by atoms with Crippen molar-refractivity contribution in [1.29, 1.82) is 0 Å². The van der Waals surface area contributed by atoms with Crippen LogP contribution in [0.4, 0.5) is 0 Å². The van der Waals surface area contributed by atoms with Crippen molar-refractivity contribution in [3.8, 4) is 0 Å². The van der Waals surface area contributed by atoms with Crippen LogP contribution in [0, 0.1) is 6.92 Å². The number of hydrogen-bond acceptors (Lipinski definition) is 4. The SMILES string of the molecule is Cc1nc(/C=C\C(=O)N(C)Cc2ccncc2)cs1. The van der Waals surface area contributed by atoms with E-state index in [2.05, 4.69) is 9.97 Å². The van der Waals surface area contributed by atoms with E-state index in [0.29, 0.717) is 6.54 Å². The number of hydrogen-bond donors (Lipinski definition) is 0. The van der Waals surface area contributed by atoms with E-state index < -0.39 is 0 Å².